The molecule has 0 spiro atoms. The number of carbonyl (C=O) groups is 2. The number of phosphoric ester groups is 1. The minimum atomic E-state index is -4.75. The fourth-order valence-corrected chi connectivity index (χ4v) is 5.84. The minimum Gasteiger partial charge on any atom is -0.462 e. The number of rotatable bonds is 36. The summed E-state index contributed by atoms with van der Waals surface area (Å²) in [7, 11) is -4.75. The fourth-order valence-electron chi connectivity index (χ4n) is 5.48. The van der Waals surface area contributed by atoms with Crippen LogP contribution in [-0.4, -0.2) is 41.0 Å². The lowest BCUT2D eigenvalue weighted by Crippen LogP contribution is -2.29. The zero-order chi connectivity index (χ0) is 35.4. The summed E-state index contributed by atoms with van der Waals surface area (Å²) >= 11 is 0. The Balaban J connectivity index is 3.98. The Kier molecular flexibility index (Phi) is 34.3. The van der Waals surface area contributed by atoms with Gasteiger partial charge in [0.25, 0.3) is 0 Å². The van der Waals surface area contributed by atoms with Crippen LogP contribution in [0.1, 0.15) is 194 Å². The smallest absolute Gasteiger partial charge is 0.462 e. The molecule has 0 heterocycles. The van der Waals surface area contributed by atoms with Crippen molar-refractivity contribution in [2.45, 2.75) is 200 Å². The molecule has 48 heavy (non-hydrogen) atoms. The van der Waals surface area contributed by atoms with Gasteiger partial charge in [-0.2, -0.15) is 0 Å². The van der Waals surface area contributed by atoms with Gasteiger partial charge in [0.05, 0.1) is 6.61 Å². The number of carbonyl (C=O) groups excluding carboxylic acids is 2. The van der Waals surface area contributed by atoms with Crippen LogP contribution in [-0.2, 0) is 28.2 Å². The van der Waals surface area contributed by atoms with Crippen LogP contribution in [0.2, 0.25) is 0 Å². The van der Waals surface area contributed by atoms with Crippen molar-refractivity contribution in [1.29, 1.82) is 0 Å². The summed E-state index contributed by atoms with van der Waals surface area (Å²) in [5.74, 6) is -0.909. The summed E-state index contributed by atoms with van der Waals surface area (Å²) in [5.41, 5.74) is 0. The van der Waals surface area contributed by atoms with E-state index in [0.717, 1.165) is 57.8 Å². The second kappa shape index (κ2) is 35.4. The van der Waals surface area contributed by atoms with Gasteiger partial charge in [-0.05, 0) is 64.2 Å². The Bertz CT molecular complexity index is 838. The second-order valence-electron chi connectivity index (χ2n) is 13.2. The molecule has 0 aliphatic carbocycles. The van der Waals surface area contributed by atoms with Gasteiger partial charge in [-0.15, -0.1) is 0 Å². The molecule has 0 unspecified atom stereocenters. The molecular formula is C39H73O8P. The highest BCUT2D eigenvalue weighted by molar-refractivity contribution is 7.46. The van der Waals surface area contributed by atoms with Crippen LogP contribution in [0.3, 0.4) is 0 Å². The van der Waals surface area contributed by atoms with Gasteiger partial charge in [0.2, 0.25) is 0 Å². The monoisotopic (exact) mass is 701 g/mol. The van der Waals surface area contributed by atoms with E-state index in [2.05, 4.69) is 42.7 Å². The summed E-state index contributed by atoms with van der Waals surface area (Å²) in [6.45, 7) is 3.66. The SMILES string of the molecule is CCCCCCCC/C=C/CCCCCCCC(=O)O[C@H](COC(=O)CCCCC/C=C/CCCCCCCCCC)COP(=O)(O)O. The van der Waals surface area contributed by atoms with Crippen LogP contribution < -0.4 is 0 Å². The maximum Gasteiger partial charge on any atom is 0.469 e. The van der Waals surface area contributed by atoms with Gasteiger partial charge in [-0.1, -0.05) is 141 Å². The van der Waals surface area contributed by atoms with Crippen molar-refractivity contribution in [3.63, 3.8) is 0 Å². The van der Waals surface area contributed by atoms with Crippen LogP contribution in [0.25, 0.3) is 0 Å². The van der Waals surface area contributed by atoms with Gasteiger partial charge in [-0.25, -0.2) is 4.57 Å². The first-order valence-electron chi connectivity index (χ1n) is 19.6. The topological polar surface area (TPSA) is 119 Å². The lowest BCUT2D eigenvalue weighted by Gasteiger charge is -2.18. The first-order chi connectivity index (χ1) is 23.3. The fraction of sp³-hybridized carbons (Fsp3) is 0.846. The Hall–Kier alpha value is -1.47. The van der Waals surface area contributed by atoms with Crippen molar-refractivity contribution in [1.82, 2.24) is 0 Å². The molecule has 2 N–H and O–H groups in total. The quantitative estimate of drug-likeness (QED) is 0.0287. The zero-order valence-corrected chi connectivity index (χ0v) is 31.8. The van der Waals surface area contributed by atoms with E-state index in [1.807, 2.05) is 0 Å². The second-order valence-corrected chi connectivity index (χ2v) is 14.5. The Labute approximate surface area is 294 Å². The largest absolute Gasteiger partial charge is 0.469 e. The number of hydrogen-bond acceptors (Lipinski definition) is 6. The highest BCUT2D eigenvalue weighted by Crippen LogP contribution is 2.36. The summed E-state index contributed by atoms with van der Waals surface area (Å²) in [6, 6.07) is 0. The predicted molar refractivity (Wildman–Crippen MR) is 198 cm³/mol. The van der Waals surface area contributed by atoms with E-state index < -0.39 is 32.5 Å². The normalized spacial score (nSPS) is 12.7. The molecule has 8 nitrogen and oxygen atoms in total. The molecule has 0 saturated carbocycles. The number of phosphoric acid groups is 1. The average molecular weight is 701 g/mol. The van der Waals surface area contributed by atoms with Crippen molar-refractivity contribution in [2.24, 2.45) is 0 Å². The molecule has 282 valence electrons. The van der Waals surface area contributed by atoms with Crippen LogP contribution in [0.15, 0.2) is 24.3 Å². The van der Waals surface area contributed by atoms with E-state index >= 15 is 0 Å². The van der Waals surface area contributed by atoms with Crippen molar-refractivity contribution in [3.8, 4) is 0 Å². The zero-order valence-electron chi connectivity index (χ0n) is 30.9. The molecule has 0 bridgehead atoms. The molecule has 0 saturated heterocycles. The molecule has 0 fully saturated rings. The number of ether oxygens (including phenoxy) is 2. The van der Waals surface area contributed by atoms with Crippen molar-refractivity contribution in [2.75, 3.05) is 13.2 Å². The van der Waals surface area contributed by atoms with E-state index in [-0.39, 0.29) is 19.4 Å². The molecule has 9 heteroatoms. The number of hydrogen-bond donors (Lipinski definition) is 2. The Morgan fingerprint density at radius 2 is 0.875 bits per heavy atom. The predicted octanol–water partition coefficient (Wildman–Crippen LogP) is 11.6. The molecule has 0 aliphatic rings. The third-order valence-electron chi connectivity index (χ3n) is 8.44. The molecular weight excluding hydrogens is 627 g/mol. The van der Waals surface area contributed by atoms with Crippen LogP contribution in [0.5, 0.6) is 0 Å². The highest BCUT2D eigenvalue weighted by atomic mass is 31.2. The molecule has 0 aromatic rings. The first kappa shape index (κ1) is 46.5. The van der Waals surface area contributed by atoms with Crippen molar-refractivity contribution < 1.29 is 37.9 Å². The third-order valence-corrected chi connectivity index (χ3v) is 8.93. The van der Waals surface area contributed by atoms with Gasteiger partial charge in [0.1, 0.15) is 6.61 Å². The van der Waals surface area contributed by atoms with E-state index in [4.69, 9.17) is 19.3 Å². The molecule has 0 radical (unpaired) electrons. The summed E-state index contributed by atoms with van der Waals surface area (Å²) in [5, 5.41) is 0. The van der Waals surface area contributed by atoms with Crippen molar-refractivity contribution in [3.05, 3.63) is 24.3 Å². The molecule has 0 rings (SSSR count). The van der Waals surface area contributed by atoms with Gasteiger partial charge in [0, 0.05) is 12.8 Å². The van der Waals surface area contributed by atoms with Gasteiger partial charge in [0.15, 0.2) is 6.10 Å². The molecule has 0 aromatic heterocycles. The lowest BCUT2D eigenvalue weighted by molar-refractivity contribution is -0.161. The number of esters is 2. The number of unbranched alkanes of at least 4 members (excludes halogenated alkanes) is 22. The van der Waals surface area contributed by atoms with Gasteiger partial charge < -0.3 is 19.3 Å². The summed E-state index contributed by atoms with van der Waals surface area (Å²) in [6.07, 6.45) is 39.0. The lowest BCUT2D eigenvalue weighted by atomic mass is 10.1. The minimum absolute atomic E-state index is 0.200. The maximum atomic E-state index is 12.4. The maximum absolute atomic E-state index is 12.4. The van der Waals surface area contributed by atoms with Gasteiger partial charge in [-0.3, -0.25) is 14.1 Å². The third kappa shape index (κ3) is 37.4. The Morgan fingerprint density at radius 3 is 1.29 bits per heavy atom. The van der Waals surface area contributed by atoms with E-state index in [9.17, 15) is 14.2 Å². The summed E-state index contributed by atoms with van der Waals surface area (Å²) in [4.78, 5) is 42.7. The van der Waals surface area contributed by atoms with Crippen LogP contribution in [0.4, 0.5) is 0 Å². The molecule has 0 aliphatic heterocycles. The molecule has 1 atom stereocenters. The van der Waals surface area contributed by atoms with Crippen LogP contribution in [0, 0.1) is 0 Å². The van der Waals surface area contributed by atoms with Gasteiger partial charge >= 0.3 is 19.8 Å². The number of allylic oxidation sites excluding steroid dienone is 4. The van der Waals surface area contributed by atoms with E-state index in [1.165, 1.54) is 96.3 Å². The van der Waals surface area contributed by atoms with E-state index in [0.29, 0.717) is 12.8 Å². The average Bonchev–Trinajstić information content (AvgIpc) is 3.05. The first-order valence-corrected chi connectivity index (χ1v) is 21.2. The summed E-state index contributed by atoms with van der Waals surface area (Å²) < 4.78 is 26.3. The Morgan fingerprint density at radius 1 is 0.521 bits per heavy atom. The highest BCUT2D eigenvalue weighted by Gasteiger charge is 2.22. The van der Waals surface area contributed by atoms with Crippen LogP contribution >= 0.6 is 7.82 Å². The molecule has 0 aromatic carbocycles. The van der Waals surface area contributed by atoms with Crippen molar-refractivity contribution >= 4 is 19.8 Å². The molecule has 0 amide bonds. The van der Waals surface area contributed by atoms with E-state index in [1.54, 1.807) is 0 Å². The standard InChI is InChI=1S/C39H73O8P/c1-3-5-7-9-11-13-15-17-19-21-23-25-27-29-31-33-38(40)45-35-37(36-46-48(42,43)44)47-39(41)34-32-30-28-26-24-22-20-18-16-14-12-10-8-6-4-2/h18,20-21,23,37H,3-17,19,22,24-36H2,1-2H3,(H2,42,43,44)/b20-18+,23-21+/t37-/m1/s1.